The molecule has 0 saturated heterocycles. The second-order valence-electron chi connectivity index (χ2n) is 10.9. The summed E-state index contributed by atoms with van der Waals surface area (Å²) in [6.07, 6.45) is 3.88. The zero-order chi connectivity index (χ0) is 27.6. The lowest BCUT2D eigenvalue weighted by Crippen LogP contribution is -1.94. The number of pyridine rings is 1. The van der Waals surface area contributed by atoms with E-state index in [0.29, 0.717) is 0 Å². The average molecular weight is 536 g/mol. The van der Waals surface area contributed by atoms with Gasteiger partial charge in [0.1, 0.15) is 0 Å². The van der Waals surface area contributed by atoms with Crippen LogP contribution in [-0.2, 0) is 0 Å². The van der Waals surface area contributed by atoms with Crippen molar-refractivity contribution in [1.29, 1.82) is 0 Å². The Morgan fingerprint density at radius 2 is 1.19 bits per heavy atom. The molecule has 3 heterocycles. The van der Waals surface area contributed by atoms with E-state index in [1.807, 2.05) is 12.4 Å². The van der Waals surface area contributed by atoms with E-state index in [1.54, 1.807) is 0 Å². The minimum absolute atomic E-state index is 1.11. The third-order valence-corrected chi connectivity index (χ3v) is 8.58. The van der Waals surface area contributed by atoms with Crippen LogP contribution in [0.3, 0.4) is 0 Å². The molecule has 0 fully saturated rings. The summed E-state index contributed by atoms with van der Waals surface area (Å²) in [4.78, 5) is 4.50. The van der Waals surface area contributed by atoms with Crippen molar-refractivity contribution in [2.24, 2.45) is 0 Å². The van der Waals surface area contributed by atoms with Gasteiger partial charge in [-0.1, -0.05) is 84.9 Å². The first-order chi connectivity index (χ1) is 20.8. The van der Waals surface area contributed by atoms with Crippen molar-refractivity contribution >= 4 is 54.4 Å². The molecule has 0 bridgehead atoms. The molecule has 9 aromatic rings. The van der Waals surface area contributed by atoms with Crippen LogP contribution in [0.5, 0.6) is 0 Å². The number of rotatable bonds is 3. The lowest BCUT2D eigenvalue weighted by atomic mass is 9.98. The van der Waals surface area contributed by atoms with E-state index in [2.05, 4.69) is 154 Å². The molecule has 3 heteroatoms. The van der Waals surface area contributed by atoms with Crippen molar-refractivity contribution in [2.75, 3.05) is 0 Å². The Morgan fingerprint density at radius 3 is 2.12 bits per heavy atom. The van der Waals surface area contributed by atoms with Crippen molar-refractivity contribution in [3.8, 4) is 22.5 Å². The predicted octanol–water partition coefficient (Wildman–Crippen LogP) is 10.1. The number of hydrogen-bond acceptors (Lipinski definition) is 1. The van der Waals surface area contributed by atoms with E-state index in [4.69, 9.17) is 0 Å². The molecule has 0 atom stereocenters. The van der Waals surface area contributed by atoms with Crippen LogP contribution in [-0.4, -0.2) is 14.1 Å². The highest BCUT2D eigenvalue weighted by Crippen LogP contribution is 2.40. The van der Waals surface area contributed by atoms with Crippen LogP contribution in [0.25, 0.3) is 76.9 Å². The summed E-state index contributed by atoms with van der Waals surface area (Å²) < 4.78 is 4.72. The van der Waals surface area contributed by atoms with E-state index >= 15 is 0 Å². The monoisotopic (exact) mass is 535 g/mol. The lowest BCUT2D eigenvalue weighted by Gasteiger charge is -2.10. The zero-order valence-electron chi connectivity index (χ0n) is 22.8. The Bertz CT molecular complexity index is 2460. The molecule has 42 heavy (non-hydrogen) atoms. The highest BCUT2D eigenvalue weighted by Gasteiger charge is 2.18. The molecule has 196 valence electrons. The standard InChI is InChI=1S/C39H25N3/c1-2-11-29(12-3-1)41-37-16-8-14-31(39(37)33-21-22-40-25-38(33)41)28-18-20-36-34(24-28)32-13-6-7-15-35(32)42(36)30-19-17-26-9-4-5-10-27(26)23-30/h1-25H. The van der Waals surface area contributed by atoms with Crippen molar-refractivity contribution < 1.29 is 0 Å². The quantitative estimate of drug-likeness (QED) is 0.221. The zero-order valence-corrected chi connectivity index (χ0v) is 22.8. The van der Waals surface area contributed by atoms with Gasteiger partial charge in [-0.05, 0) is 76.5 Å². The topological polar surface area (TPSA) is 22.8 Å². The van der Waals surface area contributed by atoms with Crippen molar-refractivity contribution in [2.45, 2.75) is 0 Å². The minimum Gasteiger partial charge on any atom is -0.309 e. The van der Waals surface area contributed by atoms with Crippen LogP contribution in [0.15, 0.2) is 152 Å². The van der Waals surface area contributed by atoms with Gasteiger partial charge in [0, 0.05) is 39.1 Å². The van der Waals surface area contributed by atoms with Crippen molar-refractivity contribution in [3.63, 3.8) is 0 Å². The number of benzene rings is 6. The molecule has 0 aliphatic carbocycles. The fraction of sp³-hybridized carbons (Fsp3) is 0. The summed E-state index contributed by atoms with van der Waals surface area (Å²) >= 11 is 0. The van der Waals surface area contributed by atoms with Gasteiger partial charge in [0.15, 0.2) is 0 Å². The van der Waals surface area contributed by atoms with E-state index in [-0.39, 0.29) is 0 Å². The average Bonchev–Trinajstić information content (AvgIpc) is 3.58. The third-order valence-electron chi connectivity index (χ3n) is 8.58. The van der Waals surface area contributed by atoms with Crippen LogP contribution >= 0.6 is 0 Å². The van der Waals surface area contributed by atoms with Gasteiger partial charge in [0.25, 0.3) is 0 Å². The van der Waals surface area contributed by atoms with Crippen LogP contribution in [0.1, 0.15) is 0 Å². The van der Waals surface area contributed by atoms with E-state index in [0.717, 1.165) is 11.2 Å². The molecule has 0 saturated carbocycles. The van der Waals surface area contributed by atoms with Gasteiger partial charge in [-0.3, -0.25) is 4.98 Å². The molecule has 0 N–H and O–H groups in total. The SMILES string of the molecule is c1ccc(-n2c3cnccc3c3c(-c4ccc5c(c4)c4ccccc4n5-c4ccc5ccccc5c4)cccc32)cc1. The van der Waals surface area contributed by atoms with Gasteiger partial charge >= 0.3 is 0 Å². The minimum atomic E-state index is 1.11. The van der Waals surface area contributed by atoms with Crippen LogP contribution in [0, 0.1) is 0 Å². The number of aromatic nitrogens is 3. The van der Waals surface area contributed by atoms with Gasteiger partial charge in [0.05, 0.1) is 28.3 Å². The van der Waals surface area contributed by atoms with Gasteiger partial charge < -0.3 is 9.13 Å². The highest BCUT2D eigenvalue weighted by molar-refractivity contribution is 6.17. The molecular weight excluding hydrogens is 510 g/mol. The maximum Gasteiger partial charge on any atom is 0.0724 e. The molecule has 3 nitrogen and oxygen atoms in total. The van der Waals surface area contributed by atoms with Gasteiger partial charge in [-0.2, -0.15) is 0 Å². The molecular formula is C39H25N3. The number of fused-ring (bicyclic) bond motifs is 7. The molecule has 0 radical (unpaired) electrons. The maximum atomic E-state index is 4.50. The maximum absolute atomic E-state index is 4.50. The van der Waals surface area contributed by atoms with Gasteiger partial charge in [-0.15, -0.1) is 0 Å². The molecule has 0 aliphatic heterocycles. The molecule has 9 rings (SSSR count). The highest BCUT2D eigenvalue weighted by atomic mass is 15.0. The number of para-hydroxylation sites is 2. The summed E-state index contributed by atoms with van der Waals surface area (Å²) in [5.41, 5.74) is 9.45. The van der Waals surface area contributed by atoms with Crippen LogP contribution < -0.4 is 0 Å². The summed E-state index contributed by atoms with van der Waals surface area (Å²) in [6, 6.07) is 50.3. The largest absolute Gasteiger partial charge is 0.309 e. The first-order valence-electron chi connectivity index (χ1n) is 14.3. The summed E-state index contributed by atoms with van der Waals surface area (Å²) in [7, 11) is 0. The second-order valence-corrected chi connectivity index (χ2v) is 10.9. The van der Waals surface area contributed by atoms with Crippen molar-refractivity contribution in [3.05, 3.63) is 152 Å². The molecule has 3 aromatic heterocycles. The Balaban J connectivity index is 1.32. The smallest absolute Gasteiger partial charge is 0.0724 e. The van der Waals surface area contributed by atoms with Crippen molar-refractivity contribution in [1.82, 2.24) is 14.1 Å². The fourth-order valence-corrected chi connectivity index (χ4v) is 6.75. The molecule has 0 aliphatic rings. The van der Waals surface area contributed by atoms with Crippen LogP contribution in [0.4, 0.5) is 0 Å². The molecule has 0 amide bonds. The lowest BCUT2D eigenvalue weighted by molar-refractivity contribution is 1.17. The summed E-state index contributed by atoms with van der Waals surface area (Å²) in [6.45, 7) is 0. The number of nitrogens with zero attached hydrogens (tertiary/aromatic N) is 3. The second kappa shape index (κ2) is 8.92. The number of hydrogen-bond donors (Lipinski definition) is 0. The fourth-order valence-electron chi connectivity index (χ4n) is 6.75. The third kappa shape index (κ3) is 3.31. The first kappa shape index (κ1) is 23.1. The first-order valence-corrected chi connectivity index (χ1v) is 14.3. The predicted molar refractivity (Wildman–Crippen MR) is 176 cm³/mol. The van der Waals surface area contributed by atoms with E-state index < -0.39 is 0 Å². The Labute approximate surface area is 242 Å². The molecule has 0 spiro atoms. The summed E-state index contributed by atoms with van der Waals surface area (Å²) in [5, 5.41) is 7.46. The molecule has 6 aromatic carbocycles. The van der Waals surface area contributed by atoms with Crippen LogP contribution in [0.2, 0.25) is 0 Å². The Hall–Kier alpha value is -5.67. The Morgan fingerprint density at radius 1 is 0.429 bits per heavy atom. The van der Waals surface area contributed by atoms with E-state index in [1.165, 1.54) is 65.7 Å². The molecule has 0 unspecified atom stereocenters. The van der Waals surface area contributed by atoms with Gasteiger partial charge in [0.2, 0.25) is 0 Å². The van der Waals surface area contributed by atoms with Gasteiger partial charge in [-0.25, -0.2) is 0 Å². The Kier molecular flexibility index (Phi) is 4.90. The van der Waals surface area contributed by atoms with E-state index in [9.17, 15) is 0 Å². The summed E-state index contributed by atoms with van der Waals surface area (Å²) in [5.74, 6) is 0. The normalized spacial score (nSPS) is 11.8.